The van der Waals surface area contributed by atoms with Crippen LogP contribution in [0.4, 0.5) is 0 Å². The van der Waals surface area contributed by atoms with E-state index < -0.39 is 75.7 Å². The molecule has 348 valence electrons. The van der Waals surface area contributed by atoms with E-state index >= 15 is 0 Å². The van der Waals surface area contributed by atoms with Crippen LogP contribution < -0.4 is 0 Å². The summed E-state index contributed by atoms with van der Waals surface area (Å²) in [6.45, 7) is 3.08. The number of rotatable bonds is 35. The van der Waals surface area contributed by atoms with Gasteiger partial charge < -0.3 is 39.9 Å². The van der Waals surface area contributed by atoms with Crippen molar-refractivity contribution < 1.29 is 63.1 Å². The summed E-state index contributed by atoms with van der Waals surface area (Å²) >= 11 is 0. The Hall–Kier alpha value is -2.97. The van der Waals surface area contributed by atoms with E-state index in [9.17, 15) is 44.6 Å². The first-order valence-corrected chi connectivity index (χ1v) is 23.9. The van der Waals surface area contributed by atoms with Crippen molar-refractivity contribution in [3.63, 3.8) is 0 Å². The van der Waals surface area contributed by atoms with Gasteiger partial charge in [0.25, 0.3) is 0 Å². The lowest BCUT2D eigenvalue weighted by Gasteiger charge is -2.41. The zero-order valence-corrected chi connectivity index (χ0v) is 37.6. The van der Waals surface area contributed by atoms with Crippen LogP contribution >= 0.6 is 7.82 Å². The Morgan fingerprint density at radius 3 is 1.48 bits per heavy atom. The monoisotopic (exact) mass is 881 g/mol. The van der Waals surface area contributed by atoms with Gasteiger partial charge >= 0.3 is 19.8 Å². The highest BCUT2D eigenvalue weighted by atomic mass is 31.2. The summed E-state index contributed by atoms with van der Waals surface area (Å²) in [4.78, 5) is 35.6. The summed E-state index contributed by atoms with van der Waals surface area (Å²) in [5.41, 5.74) is 0. The first-order valence-electron chi connectivity index (χ1n) is 22.4. The summed E-state index contributed by atoms with van der Waals surface area (Å²) in [5.74, 6) is -1.19. The minimum atomic E-state index is -5.14. The van der Waals surface area contributed by atoms with Gasteiger partial charge in [-0.15, -0.1) is 0 Å². The van der Waals surface area contributed by atoms with Crippen LogP contribution in [-0.2, 0) is 32.7 Å². The Labute approximate surface area is 365 Å². The van der Waals surface area contributed by atoms with Crippen LogP contribution in [-0.4, -0.2) is 98.3 Å². The average Bonchev–Trinajstić information content (AvgIpc) is 3.24. The third kappa shape index (κ3) is 29.1. The molecule has 8 atom stereocenters. The van der Waals surface area contributed by atoms with Gasteiger partial charge in [0.1, 0.15) is 43.2 Å². The molecule has 1 rings (SSSR count). The molecule has 1 aliphatic rings. The highest BCUT2D eigenvalue weighted by Crippen LogP contribution is 2.47. The first-order chi connectivity index (χ1) is 29.4. The maximum atomic E-state index is 12.8. The SMILES string of the molecule is CC/C=C/C/C=C/C/C=C/C/C=C/C/C=C/CCCC(=O)OC[C@@H](COP(=O)(O)OC1C(O)C(O)C(O)[C@H](O)C1O)OC(=O)CCCCCCC/C=C/C/C=C/CCCCC. The van der Waals surface area contributed by atoms with Gasteiger partial charge in [0.15, 0.2) is 6.10 Å². The fourth-order valence-corrected chi connectivity index (χ4v) is 7.09. The molecule has 0 amide bonds. The van der Waals surface area contributed by atoms with Crippen LogP contribution in [0.15, 0.2) is 85.1 Å². The molecule has 0 spiro atoms. The number of allylic oxidation sites excluding steroid dienone is 14. The molecule has 14 heteroatoms. The largest absolute Gasteiger partial charge is 0.472 e. The molecule has 0 aromatic rings. The van der Waals surface area contributed by atoms with E-state index in [1.807, 2.05) is 12.2 Å². The van der Waals surface area contributed by atoms with Crippen molar-refractivity contribution in [1.82, 2.24) is 0 Å². The van der Waals surface area contributed by atoms with E-state index in [2.05, 4.69) is 86.8 Å². The van der Waals surface area contributed by atoms with E-state index in [0.717, 1.165) is 77.0 Å². The van der Waals surface area contributed by atoms with Crippen molar-refractivity contribution in [2.24, 2.45) is 0 Å². The first kappa shape index (κ1) is 56.0. The van der Waals surface area contributed by atoms with E-state index in [-0.39, 0.29) is 12.8 Å². The number of aliphatic hydroxyl groups is 5. The van der Waals surface area contributed by atoms with Gasteiger partial charge in [0.2, 0.25) is 0 Å². The Morgan fingerprint density at radius 2 is 0.951 bits per heavy atom. The van der Waals surface area contributed by atoms with Gasteiger partial charge in [-0.2, -0.15) is 0 Å². The Morgan fingerprint density at radius 1 is 0.525 bits per heavy atom. The molecular weight excluding hydrogens is 803 g/mol. The fraction of sp³-hybridized carbons (Fsp3) is 0.660. The Bertz CT molecular complexity index is 1390. The van der Waals surface area contributed by atoms with Crippen LogP contribution in [0.3, 0.4) is 0 Å². The molecule has 0 saturated heterocycles. The van der Waals surface area contributed by atoms with Crippen molar-refractivity contribution in [3.8, 4) is 0 Å². The minimum absolute atomic E-state index is 0.0635. The minimum Gasteiger partial charge on any atom is -0.462 e. The number of phosphoric ester groups is 1. The van der Waals surface area contributed by atoms with Gasteiger partial charge in [0, 0.05) is 12.8 Å². The number of aliphatic hydroxyl groups excluding tert-OH is 5. The van der Waals surface area contributed by atoms with Crippen LogP contribution in [0.2, 0.25) is 0 Å². The Kier molecular flexibility index (Phi) is 33.5. The lowest BCUT2D eigenvalue weighted by Crippen LogP contribution is -2.64. The second kappa shape index (κ2) is 36.5. The predicted octanol–water partition coefficient (Wildman–Crippen LogP) is 8.50. The molecule has 1 aliphatic carbocycles. The summed E-state index contributed by atoms with van der Waals surface area (Å²) < 4.78 is 33.4. The molecule has 0 aromatic carbocycles. The van der Waals surface area contributed by atoms with Crippen LogP contribution in [0, 0.1) is 0 Å². The zero-order valence-electron chi connectivity index (χ0n) is 36.7. The van der Waals surface area contributed by atoms with E-state index in [1.165, 1.54) is 19.3 Å². The van der Waals surface area contributed by atoms with Crippen molar-refractivity contribution in [2.45, 2.75) is 185 Å². The molecule has 0 aliphatic heterocycles. The van der Waals surface area contributed by atoms with Gasteiger partial charge in [-0.1, -0.05) is 131 Å². The average molecular weight is 881 g/mol. The summed E-state index contributed by atoms with van der Waals surface area (Å²) in [6.07, 6.45) is 33.6. The second-order valence-electron chi connectivity index (χ2n) is 15.2. The number of hydrogen-bond donors (Lipinski definition) is 6. The van der Waals surface area contributed by atoms with Crippen LogP contribution in [0.1, 0.15) is 142 Å². The molecule has 1 saturated carbocycles. The zero-order chi connectivity index (χ0) is 45.0. The number of esters is 2. The summed E-state index contributed by atoms with van der Waals surface area (Å²) in [5, 5.41) is 50.1. The highest BCUT2D eigenvalue weighted by molar-refractivity contribution is 7.47. The number of carbonyl (C=O) groups is 2. The molecule has 0 heterocycles. The summed E-state index contributed by atoms with van der Waals surface area (Å²) in [6, 6.07) is 0. The topological polar surface area (TPSA) is 210 Å². The molecule has 6 N–H and O–H groups in total. The molecule has 13 nitrogen and oxygen atoms in total. The maximum absolute atomic E-state index is 12.8. The molecule has 61 heavy (non-hydrogen) atoms. The number of phosphoric acid groups is 1. The highest BCUT2D eigenvalue weighted by Gasteiger charge is 2.51. The smallest absolute Gasteiger partial charge is 0.462 e. The lowest BCUT2D eigenvalue weighted by molar-refractivity contribution is -0.220. The van der Waals surface area contributed by atoms with Crippen molar-refractivity contribution >= 4 is 19.8 Å². The van der Waals surface area contributed by atoms with Crippen molar-refractivity contribution in [3.05, 3.63) is 85.1 Å². The van der Waals surface area contributed by atoms with Gasteiger partial charge in [-0.25, -0.2) is 4.57 Å². The third-order valence-corrected chi connectivity index (χ3v) is 10.7. The summed E-state index contributed by atoms with van der Waals surface area (Å²) in [7, 11) is -5.14. The van der Waals surface area contributed by atoms with E-state index in [4.69, 9.17) is 18.5 Å². The number of ether oxygens (including phenoxy) is 2. The predicted molar refractivity (Wildman–Crippen MR) is 239 cm³/mol. The van der Waals surface area contributed by atoms with Gasteiger partial charge in [0.05, 0.1) is 6.61 Å². The van der Waals surface area contributed by atoms with Crippen molar-refractivity contribution in [1.29, 1.82) is 0 Å². The normalized spacial score (nSPS) is 22.8. The van der Waals surface area contributed by atoms with Gasteiger partial charge in [-0.3, -0.25) is 18.6 Å². The Balaban J connectivity index is 2.54. The molecule has 6 unspecified atom stereocenters. The maximum Gasteiger partial charge on any atom is 0.472 e. The molecule has 0 aromatic heterocycles. The molecule has 0 bridgehead atoms. The van der Waals surface area contributed by atoms with Crippen LogP contribution in [0.5, 0.6) is 0 Å². The van der Waals surface area contributed by atoms with Gasteiger partial charge in [-0.05, 0) is 83.5 Å². The lowest BCUT2D eigenvalue weighted by atomic mass is 9.85. The molecular formula is C47H77O13P. The number of unbranched alkanes of at least 4 members (excludes halogenated alkanes) is 9. The second-order valence-corrected chi connectivity index (χ2v) is 16.6. The third-order valence-electron chi connectivity index (χ3n) is 9.72. The van der Waals surface area contributed by atoms with E-state index in [1.54, 1.807) is 0 Å². The number of hydrogen-bond acceptors (Lipinski definition) is 12. The quantitative estimate of drug-likeness (QED) is 0.0153. The number of carbonyl (C=O) groups excluding carboxylic acids is 2. The fourth-order valence-electron chi connectivity index (χ4n) is 6.12. The molecule has 1 fully saturated rings. The molecule has 0 radical (unpaired) electrons. The van der Waals surface area contributed by atoms with Crippen molar-refractivity contribution in [2.75, 3.05) is 13.2 Å². The van der Waals surface area contributed by atoms with Crippen LogP contribution in [0.25, 0.3) is 0 Å². The standard InChI is InChI=1S/C47H77O13P/c1-3-5-7-9-11-13-15-17-19-20-22-23-25-27-29-31-33-35-40(48)57-37-39(38-58-61(55,56)60-47-45(53)43(51)42(50)44(52)46(47)54)59-41(49)36-34-32-30-28-26-24-21-18-16-14-12-10-8-6-4-2/h5,7,11-14,17-19,21-23,27,29,39,42-47,50-54H,3-4,6,8-10,15-16,20,24-26,28,30-38H2,1-2H3,(H,55,56)/b7-5+,13-11+,14-12+,19-17+,21-18+,23-22+,29-27+/t39-,42?,43-,44?,45?,46?,47?/m0/s1. The van der Waals surface area contributed by atoms with E-state index in [0.29, 0.717) is 19.3 Å².